The van der Waals surface area contributed by atoms with Crippen LogP contribution >= 0.6 is 11.8 Å². The Kier molecular flexibility index (Phi) is 6.95. The Morgan fingerprint density at radius 1 is 1.03 bits per heavy atom. The van der Waals surface area contributed by atoms with Gasteiger partial charge in [-0.05, 0) is 54.4 Å². The molecule has 2 N–H and O–H groups in total. The number of ether oxygens (including phenoxy) is 1. The number of nitrogen functional groups attached to an aromatic ring is 1. The number of nitrogens with zero attached hydrogens (tertiary/aromatic N) is 4. The van der Waals surface area contributed by atoms with E-state index in [4.69, 9.17) is 10.6 Å². The molecule has 7 nitrogen and oxygen atoms in total. The molecule has 0 fully saturated rings. The number of hydrogen-bond acceptors (Lipinski definition) is 6. The van der Waals surface area contributed by atoms with E-state index in [2.05, 4.69) is 10.2 Å². The van der Waals surface area contributed by atoms with Crippen molar-refractivity contribution in [2.75, 3.05) is 23.6 Å². The van der Waals surface area contributed by atoms with Crippen LogP contribution in [0.1, 0.15) is 11.1 Å². The smallest absolute Gasteiger partial charge is 0.237 e. The number of aromatic nitrogens is 3. The Labute approximate surface area is 197 Å². The lowest BCUT2D eigenvalue weighted by atomic mass is 10.1. The molecule has 0 atom stereocenters. The second kappa shape index (κ2) is 10.2. The van der Waals surface area contributed by atoms with Crippen LogP contribution in [0.25, 0.3) is 11.4 Å². The number of benzene rings is 3. The molecule has 0 saturated heterocycles. The lowest BCUT2D eigenvalue weighted by Gasteiger charge is -2.23. The summed E-state index contributed by atoms with van der Waals surface area (Å²) < 4.78 is 6.60. The zero-order valence-electron chi connectivity index (χ0n) is 18.5. The minimum absolute atomic E-state index is 0.0385. The molecule has 0 aliphatic rings. The van der Waals surface area contributed by atoms with Gasteiger partial charge >= 0.3 is 0 Å². The molecular formula is C25H25N5O2S. The van der Waals surface area contributed by atoms with Crippen LogP contribution in [-0.4, -0.2) is 33.6 Å². The van der Waals surface area contributed by atoms with Crippen LogP contribution in [-0.2, 0) is 11.3 Å². The molecule has 0 radical (unpaired) electrons. The largest absolute Gasteiger partial charge is 0.497 e. The van der Waals surface area contributed by atoms with Crippen LogP contribution in [0.4, 0.5) is 5.69 Å². The molecule has 1 amide bonds. The van der Waals surface area contributed by atoms with Gasteiger partial charge in [-0.25, -0.2) is 4.68 Å². The van der Waals surface area contributed by atoms with E-state index in [1.54, 1.807) is 12.0 Å². The van der Waals surface area contributed by atoms with Crippen LogP contribution in [0.15, 0.2) is 84.0 Å². The van der Waals surface area contributed by atoms with Crippen LogP contribution in [0.3, 0.4) is 0 Å². The van der Waals surface area contributed by atoms with Crippen LogP contribution in [0, 0.1) is 6.92 Å². The summed E-state index contributed by atoms with van der Waals surface area (Å²) in [6.07, 6.45) is 0. The van der Waals surface area contributed by atoms with E-state index in [0.29, 0.717) is 17.5 Å². The average molecular weight is 460 g/mol. The van der Waals surface area contributed by atoms with E-state index < -0.39 is 0 Å². The quantitative estimate of drug-likeness (QED) is 0.312. The third kappa shape index (κ3) is 5.35. The summed E-state index contributed by atoms with van der Waals surface area (Å²) in [4.78, 5) is 15.1. The van der Waals surface area contributed by atoms with Gasteiger partial charge < -0.3 is 15.5 Å². The first-order chi connectivity index (χ1) is 16.0. The minimum atomic E-state index is -0.0385. The lowest BCUT2D eigenvalue weighted by molar-refractivity contribution is -0.116. The molecule has 3 aromatic carbocycles. The molecule has 0 saturated carbocycles. The highest BCUT2D eigenvalue weighted by Crippen LogP contribution is 2.25. The van der Waals surface area contributed by atoms with Crippen molar-refractivity contribution < 1.29 is 9.53 Å². The fourth-order valence-corrected chi connectivity index (χ4v) is 4.13. The van der Waals surface area contributed by atoms with Crippen molar-refractivity contribution in [3.05, 3.63) is 90.0 Å². The first-order valence-corrected chi connectivity index (χ1v) is 11.4. The van der Waals surface area contributed by atoms with E-state index in [0.717, 1.165) is 28.1 Å². The number of hydrogen-bond donors (Lipinski definition) is 1. The number of carbonyl (C=O) groups excluding carboxylic acids is 1. The number of aryl methyl sites for hydroxylation is 1. The van der Waals surface area contributed by atoms with Crippen LogP contribution in [0.2, 0.25) is 0 Å². The van der Waals surface area contributed by atoms with E-state index in [1.807, 2.05) is 85.8 Å². The molecule has 0 aliphatic carbocycles. The van der Waals surface area contributed by atoms with E-state index >= 15 is 0 Å². The summed E-state index contributed by atoms with van der Waals surface area (Å²) in [5, 5.41) is 8.86. The van der Waals surface area contributed by atoms with E-state index in [1.165, 1.54) is 16.4 Å². The van der Waals surface area contributed by atoms with Gasteiger partial charge in [0.05, 0.1) is 19.4 Å². The number of anilines is 1. The Morgan fingerprint density at radius 2 is 1.79 bits per heavy atom. The Balaban J connectivity index is 1.51. The topological polar surface area (TPSA) is 86.3 Å². The molecule has 8 heteroatoms. The fraction of sp³-hybridized carbons (Fsp3) is 0.160. The van der Waals surface area contributed by atoms with Gasteiger partial charge in [-0.3, -0.25) is 4.79 Å². The molecule has 0 spiro atoms. The maximum atomic E-state index is 13.3. The van der Waals surface area contributed by atoms with Gasteiger partial charge in [0.15, 0.2) is 5.82 Å². The zero-order valence-corrected chi connectivity index (χ0v) is 19.3. The predicted octanol–water partition coefficient (Wildman–Crippen LogP) is 4.30. The molecule has 1 heterocycles. The van der Waals surface area contributed by atoms with Gasteiger partial charge in [0.2, 0.25) is 11.1 Å². The maximum Gasteiger partial charge on any atom is 0.237 e. The SMILES string of the molecule is COc1ccc(-c2nnc(SCC(=O)N(Cc3ccccc3)c3cccc(C)c3)n2N)cc1. The van der Waals surface area contributed by atoms with Gasteiger partial charge in [-0.1, -0.05) is 54.2 Å². The third-order valence-electron chi connectivity index (χ3n) is 5.14. The monoisotopic (exact) mass is 459 g/mol. The van der Waals surface area contributed by atoms with Crippen molar-refractivity contribution in [3.63, 3.8) is 0 Å². The van der Waals surface area contributed by atoms with Gasteiger partial charge in [0.25, 0.3) is 0 Å². The Morgan fingerprint density at radius 3 is 2.48 bits per heavy atom. The molecule has 33 heavy (non-hydrogen) atoms. The standard InChI is InChI=1S/C25H25N5O2S/c1-18-7-6-10-21(15-18)29(16-19-8-4-3-5-9-19)23(31)17-33-25-28-27-24(30(25)26)20-11-13-22(32-2)14-12-20/h3-15H,16-17,26H2,1-2H3. The third-order valence-corrected chi connectivity index (χ3v) is 6.06. The van der Waals surface area contributed by atoms with Crippen LogP contribution < -0.4 is 15.5 Å². The first kappa shape index (κ1) is 22.4. The number of rotatable bonds is 8. The van der Waals surface area contributed by atoms with Gasteiger partial charge in [-0.15, -0.1) is 10.2 Å². The summed E-state index contributed by atoms with van der Waals surface area (Å²) in [6.45, 7) is 2.50. The first-order valence-electron chi connectivity index (χ1n) is 10.4. The highest BCUT2D eigenvalue weighted by molar-refractivity contribution is 7.99. The number of thioether (sulfide) groups is 1. The summed E-state index contributed by atoms with van der Waals surface area (Å²) in [5.74, 6) is 7.65. The van der Waals surface area contributed by atoms with Gasteiger partial charge in [-0.2, -0.15) is 0 Å². The number of nitrogens with two attached hydrogens (primary N) is 1. The number of methoxy groups -OCH3 is 1. The van der Waals surface area contributed by atoms with Crippen molar-refractivity contribution in [3.8, 4) is 17.1 Å². The second-order valence-corrected chi connectivity index (χ2v) is 8.44. The molecule has 0 bridgehead atoms. The predicted molar refractivity (Wildman–Crippen MR) is 132 cm³/mol. The summed E-state index contributed by atoms with van der Waals surface area (Å²) >= 11 is 1.26. The zero-order chi connectivity index (χ0) is 23.2. The Bertz CT molecular complexity index is 1230. The van der Waals surface area contributed by atoms with E-state index in [-0.39, 0.29) is 11.7 Å². The number of amides is 1. The normalized spacial score (nSPS) is 10.7. The summed E-state index contributed by atoms with van der Waals surface area (Å²) in [6, 6.07) is 25.3. The fourth-order valence-electron chi connectivity index (χ4n) is 3.40. The van der Waals surface area contributed by atoms with Gasteiger partial charge in [0.1, 0.15) is 5.75 Å². The van der Waals surface area contributed by atoms with Crippen molar-refractivity contribution in [2.24, 2.45) is 0 Å². The Hall–Kier alpha value is -3.78. The van der Waals surface area contributed by atoms with Crippen molar-refractivity contribution >= 4 is 23.4 Å². The molecule has 168 valence electrons. The summed E-state index contributed by atoms with van der Waals surface area (Å²) in [7, 11) is 1.62. The molecule has 0 unspecified atom stereocenters. The average Bonchev–Trinajstić information content (AvgIpc) is 3.21. The van der Waals surface area contributed by atoms with Crippen molar-refractivity contribution in [2.45, 2.75) is 18.6 Å². The number of carbonyl (C=O) groups is 1. The molecule has 0 aliphatic heterocycles. The minimum Gasteiger partial charge on any atom is -0.497 e. The highest BCUT2D eigenvalue weighted by Gasteiger charge is 2.19. The second-order valence-electron chi connectivity index (χ2n) is 7.50. The van der Waals surface area contributed by atoms with Crippen molar-refractivity contribution in [1.82, 2.24) is 14.9 Å². The molecule has 4 aromatic rings. The van der Waals surface area contributed by atoms with E-state index in [9.17, 15) is 4.79 Å². The van der Waals surface area contributed by atoms with Crippen LogP contribution in [0.5, 0.6) is 5.75 Å². The van der Waals surface area contributed by atoms with Crippen molar-refractivity contribution in [1.29, 1.82) is 0 Å². The van der Waals surface area contributed by atoms with Gasteiger partial charge in [0, 0.05) is 11.3 Å². The molecular weight excluding hydrogens is 434 g/mol. The summed E-state index contributed by atoms with van der Waals surface area (Å²) in [5.41, 5.74) is 3.82. The maximum absolute atomic E-state index is 13.3. The lowest BCUT2D eigenvalue weighted by Crippen LogP contribution is -2.32. The molecule has 1 aromatic heterocycles. The highest BCUT2D eigenvalue weighted by atomic mass is 32.2. The molecule has 4 rings (SSSR count).